The molecule has 9 nitrogen and oxygen atoms in total. The van der Waals surface area contributed by atoms with Crippen LogP contribution in [-0.4, -0.2) is 35.9 Å². The van der Waals surface area contributed by atoms with E-state index < -0.39 is 15.0 Å². The molecule has 0 aliphatic carbocycles. The maximum Gasteiger partial charge on any atom is 0.339 e. The fourth-order valence-corrected chi connectivity index (χ4v) is 4.51. The lowest BCUT2D eigenvalue weighted by Crippen LogP contribution is -2.27. The van der Waals surface area contributed by atoms with E-state index in [-0.39, 0.29) is 38.9 Å². The topological polar surface area (TPSA) is 124 Å². The number of nitro benzene ring substituents is 1. The minimum absolute atomic E-state index is 0.00274. The van der Waals surface area contributed by atoms with Crippen LogP contribution in [-0.2, 0) is 14.9 Å². The van der Waals surface area contributed by atoms with Crippen LogP contribution < -0.4 is 4.18 Å². The first-order valence-corrected chi connectivity index (χ1v) is 10.9. The minimum Gasteiger partial charge on any atom is -0.379 e. The summed E-state index contributed by atoms with van der Waals surface area (Å²) in [6.45, 7) is 3.49. The minimum atomic E-state index is -4.28. The molecule has 2 amide bonds. The van der Waals surface area contributed by atoms with E-state index in [2.05, 4.69) is 0 Å². The number of hydrogen-bond acceptors (Lipinski definition) is 8. The van der Waals surface area contributed by atoms with Gasteiger partial charge in [0.2, 0.25) is 0 Å². The van der Waals surface area contributed by atoms with Gasteiger partial charge in [-0.1, -0.05) is 18.2 Å². The largest absolute Gasteiger partial charge is 0.379 e. The summed E-state index contributed by atoms with van der Waals surface area (Å²) in [6.07, 6.45) is 1.53. The highest BCUT2D eigenvalue weighted by atomic mass is 32.2. The van der Waals surface area contributed by atoms with Crippen LogP contribution in [0.4, 0.5) is 10.5 Å². The summed E-state index contributed by atoms with van der Waals surface area (Å²) in [7, 11) is -4.28. The van der Waals surface area contributed by atoms with Gasteiger partial charge in [0.05, 0.1) is 9.83 Å². The molecule has 1 heterocycles. The number of carbonyl (C=O) groups excluding carboxylic acids is 2. The summed E-state index contributed by atoms with van der Waals surface area (Å²) in [5, 5.41) is 10.7. The van der Waals surface area contributed by atoms with Crippen molar-refractivity contribution in [2.24, 2.45) is 0 Å². The van der Waals surface area contributed by atoms with Crippen molar-refractivity contribution in [3.05, 3.63) is 68.6 Å². The third-order valence-corrected chi connectivity index (χ3v) is 6.39. The van der Waals surface area contributed by atoms with E-state index in [1.54, 1.807) is 6.92 Å². The molecule has 1 fully saturated rings. The van der Waals surface area contributed by atoms with E-state index in [9.17, 15) is 28.1 Å². The van der Waals surface area contributed by atoms with Crippen LogP contribution in [0.15, 0.2) is 52.3 Å². The Hall–Kier alpha value is -3.18. The molecule has 3 rings (SSSR count). The van der Waals surface area contributed by atoms with E-state index in [1.165, 1.54) is 49.4 Å². The number of carbonyl (C=O) groups is 2. The standard InChI is InChI=1S/C19H16N2O7S2/c1-3-20-18(22)17(29-19(20)23)10-13-5-7-14(8-6-13)28-30(26,27)15-9-4-12(2)16(11-15)21(24)25/h4-11H,3H2,1-2H3/b17-10-. The number of thioether (sulfide) groups is 1. The Morgan fingerprint density at radius 1 is 1.17 bits per heavy atom. The van der Waals surface area contributed by atoms with Crippen LogP contribution in [0.5, 0.6) is 5.75 Å². The quantitative estimate of drug-likeness (QED) is 0.283. The van der Waals surface area contributed by atoms with Gasteiger partial charge in [-0.05, 0) is 55.4 Å². The molecule has 2 aromatic rings. The Morgan fingerprint density at radius 2 is 1.83 bits per heavy atom. The molecule has 2 aromatic carbocycles. The molecule has 0 unspecified atom stereocenters. The molecule has 0 radical (unpaired) electrons. The second-order valence-corrected chi connectivity index (χ2v) is 8.78. The van der Waals surface area contributed by atoms with Crippen LogP contribution in [0.3, 0.4) is 0 Å². The first kappa shape index (κ1) is 21.5. The van der Waals surface area contributed by atoms with Crippen molar-refractivity contribution >= 4 is 44.8 Å². The molecule has 0 bridgehead atoms. The summed E-state index contributed by atoms with van der Waals surface area (Å²) in [5.74, 6) is -0.381. The number of likely N-dealkylation sites (N-methyl/N-ethyl adjacent to an activating group) is 1. The van der Waals surface area contributed by atoms with Crippen molar-refractivity contribution in [2.75, 3.05) is 6.54 Å². The number of amides is 2. The molecule has 0 saturated carbocycles. The summed E-state index contributed by atoms with van der Waals surface area (Å²) < 4.78 is 30.0. The Morgan fingerprint density at radius 3 is 2.40 bits per heavy atom. The van der Waals surface area contributed by atoms with Gasteiger partial charge >= 0.3 is 10.1 Å². The number of nitro groups is 1. The molecule has 1 aliphatic heterocycles. The molecular formula is C19H16N2O7S2. The molecule has 156 valence electrons. The zero-order valence-electron chi connectivity index (χ0n) is 15.9. The molecule has 0 aromatic heterocycles. The summed E-state index contributed by atoms with van der Waals surface area (Å²) in [4.78, 5) is 35.3. The predicted molar refractivity (Wildman–Crippen MR) is 110 cm³/mol. The Bertz CT molecular complexity index is 1170. The number of benzene rings is 2. The second-order valence-electron chi connectivity index (χ2n) is 6.24. The smallest absolute Gasteiger partial charge is 0.339 e. The van der Waals surface area contributed by atoms with E-state index in [1.807, 2.05) is 0 Å². The van der Waals surface area contributed by atoms with Gasteiger partial charge in [0.15, 0.2) is 0 Å². The predicted octanol–water partition coefficient (Wildman–Crippen LogP) is 3.73. The molecule has 0 atom stereocenters. The highest BCUT2D eigenvalue weighted by molar-refractivity contribution is 8.18. The Labute approximate surface area is 176 Å². The van der Waals surface area contributed by atoms with E-state index in [4.69, 9.17) is 4.18 Å². The zero-order chi connectivity index (χ0) is 22.1. The summed E-state index contributed by atoms with van der Waals surface area (Å²) in [6, 6.07) is 9.34. The summed E-state index contributed by atoms with van der Waals surface area (Å²) >= 11 is 0.834. The first-order chi connectivity index (χ1) is 14.1. The fraction of sp³-hybridized carbons (Fsp3) is 0.158. The van der Waals surface area contributed by atoms with E-state index in [0.717, 1.165) is 22.7 Å². The molecule has 11 heteroatoms. The average Bonchev–Trinajstić information content (AvgIpc) is 2.95. The van der Waals surface area contributed by atoms with Gasteiger partial charge in [-0.25, -0.2) is 0 Å². The normalized spacial score (nSPS) is 15.7. The van der Waals surface area contributed by atoms with E-state index in [0.29, 0.717) is 11.1 Å². The Kier molecular flexibility index (Phi) is 5.94. The van der Waals surface area contributed by atoms with Crippen LogP contribution >= 0.6 is 11.8 Å². The molecule has 30 heavy (non-hydrogen) atoms. The van der Waals surface area contributed by atoms with Crippen LogP contribution in [0.1, 0.15) is 18.1 Å². The van der Waals surface area contributed by atoms with Crippen molar-refractivity contribution in [3.8, 4) is 5.75 Å². The van der Waals surface area contributed by atoms with Crippen molar-refractivity contribution in [1.29, 1.82) is 0 Å². The lowest BCUT2D eigenvalue weighted by atomic mass is 10.2. The maximum absolute atomic E-state index is 12.5. The number of nitrogens with zero attached hydrogens (tertiary/aromatic N) is 2. The molecule has 0 N–H and O–H groups in total. The number of aryl methyl sites for hydroxylation is 1. The highest BCUT2D eigenvalue weighted by Crippen LogP contribution is 2.32. The molecule has 1 aliphatic rings. The van der Waals surface area contributed by atoms with Gasteiger partial charge in [-0.3, -0.25) is 24.6 Å². The third kappa shape index (κ3) is 4.36. The highest BCUT2D eigenvalue weighted by Gasteiger charge is 2.33. The number of imide groups is 1. The van der Waals surface area contributed by atoms with E-state index >= 15 is 0 Å². The molecule has 1 saturated heterocycles. The van der Waals surface area contributed by atoms with Crippen molar-refractivity contribution in [2.45, 2.75) is 18.7 Å². The average molecular weight is 448 g/mol. The fourth-order valence-electron chi connectivity index (χ4n) is 2.66. The van der Waals surface area contributed by atoms with Crippen molar-refractivity contribution in [1.82, 2.24) is 4.90 Å². The van der Waals surface area contributed by atoms with Crippen molar-refractivity contribution in [3.63, 3.8) is 0 Å². The first-order valence-electron chi connectivity index (χ1n) is 8.67. The maximum atomic E-state index is 12.5. The van der Waals surface area contributed by atoms with Gasteiger partial charge < -0.3 is 4.18 Å². The van der Waals surface area contributed by atoms with Gasteiger partial charge in [0.1, 0.15) is 10.6 Å². The Balaban J connectivity index is 1.80. The monoisotopic (exact) mass is 448 g/mol. The lowest BCUT2D eigenvalue weighted by molar-refractivity contribution is -0.385. The zero-order valence-corrected chi connectivity index (χ0v) is 17.5. The van der Waals surface area contributed by atoms with Crippen LogP contribution in [0.2, 0.25) is 0 Å². The second kappa shape index (κ2) is 8.28. The van der Waals surface area contributed by atoms with Gasteiger partial charge in [0, 0.05) is 18.2 Å². The SMILES string of the molecule is CCN1C(=O)S/C(=C\c2ccc(OS(=O)(=O)c3ccc(C)c([N+](=O)[O-])c3)cc2)C1=O. The van der Waals surface area contributed by atoms with Gasteiger partial charge in [0.25, 0.3) is 16.8 Å². The third-order valence-electron chi connectivity index (χ3n) is 4.24. The van der Waals surface area contributed by atoms with Crippen LogP contribution in [0.25, 0.3) is 6.08 Å². The number of hydrogen-bond donors (Lipinski definition) is 0. The summed E-state index contributed by atoms with van der Waals surface area (Å²) in [5.41, 5.74) is 0.583. The number of rotatable bonds is 6. The van der Waals surface area contributed by atoms with Crippen molar-refractivity contribution < 1.29 is 27.1 Å². The molecule has 0 spiro atoms. The van der Waals surface area contributed by atoms with Crippen LogP contribution in [0, 0.1) is 17.0 Å². The molecular weight excluding hydrogens is 432 g/mol. The lowest BCUT2D eigenvalue weighted by Gasteiger charge is -2.08. The van der Waals surface area contributed by atoms with Gasteiger partial charge in [-0.2, -0.15) is 8.42 Å². The van der Waals surface area contributed by atoms with Gasteiger partial charge in [-0.15, -0.1) is 0 Å².